The molecule has 19 heavy (non-hydrogen) atoms. The number of piperidine rings is 1. The van der Waals surface area contributed by atoms with E-state index in [1.165, 1.54) is 28.6 Å². The topological polar surface area (TPSA) is 3.24 Å². The molecule has 0 N–H and O–H groups in total. The van der Waals surface area contributed by atoms with Crippen LogP contribution in [0.5, 0.6) is 0 Å². The van der Waals surface area contributed by atoms with Crippen LogP contribution >= 0.6 is 27.5 Å². The summed E-state index contributed by atoms with van der Waals surface area (Å²) in [5.41, 5.74) is 2.91. The van der Waals surface area contributed by atoms with Gasteiger partial charge in [-0.3, -0.25) is 0 Å². The van der Waals surface area contributed by atoms with Gasteiger partial charge in [0.25, 0.3) is 0 Å². The van der Waals surface area contributed by atoms with Gasteiger partial charge in [-0.1, -0.05) is 26.8 Å². The zero-order chi connectivity index (χ0) is 14.0. The molecule has 106 valence electrons. The Kier molecular flexibility index (Phi) is 4.84. The van der Waals surface area contributed by atoms with Crippen molar-refractivity contribution in [2.24, 2.45) is 11.3 Å². The summed E-state index contributed by atoms with van der Waals surface area (Å²) in [5, 5.41) is 0. The second kappa shape index (κ2) is 6.05. The van der Waals surface area contributed by atoms with E-state index in [1.54, 1.807) is 0 Å². The van der Waals surface area contributed by atoms with Gasteiger partial charge in [0.05, 0.1) is 5.69 Å². The van der Waals surface area contributed by atoms with Crippen molar-refractivity contribution in [3.05, 3.63) is 28.2 Å². The fraction of sp³-hybridized carbons (Fsp3) is 0.625. The molecule has 0 bridgehead atoms. The highest BCUT2D eigenvalue weighted by molar-refractivity contribution is 9.10. The molecule has 1 saturated heterocycles. The maximum Gasteiger partial charge on any atom is 0.0510 e. The van der Waals surface area contributed by atoms with E-state index in [1.807, 2.05) is 0 Å². The van der Waals surface area contributed by atoms with Gasteiger partial charge in [0, 0.05) is 23.4 Å². The number of hydrogen-bond donors (Lipinski definition) is 0. The summed E-state index contributed by atoms with van der Waals surface area (Å²) in [6.07, 6.45) is 2.57. The minimum absolute atomic E-state index is 0.436. The first-order valence-electron chi connectivity index (χ1n) is 7.01. The fourth-order valence-electron chi connectivity index (χ4n) is 2.88. The number of rotatable bonds is 2. The normalized spacial score (nSPS) is 17.8. The maximum atomic E-state index is 5.87. The van der Waals surface area contributed by atoms with Crippen molar-refractivity contribution in [2.45, 2.75) is 39.5 Å². The number of benzene rings is 1. The fourth-order valence-corrected chi connectivity index (χ4v) is 3.72. The monoisotopic (exact) mass is 343 g/mol. The molecular formula is C16H23BrClN. The largest absolute Gasteiger partial charge is 0.371 e. The van der Waals surface area contributed by atoms with Gasteiger partial charge in [-0.15, -0.1) is 11.6 Å². The van der Waals surface area contributed by atoms with Crippen molar-refractivity contribution in [2.75, 3.05) is 18.0 Å². The maximum absolute atomic E-state index is 5.87. The van der Waals surface area contributed by atoms with Crippen LogP contribution in [-0.2, 0) is 5.88 Å². The Balaban J connectivity index is 2.06. The van der Waals surface area contributed by atoms with E-state index in [4.69, 9.17) is 11.6 Å². The number of hydrogen-bond acceptors (Lipinski definition) is 1. The smallest absolute Gasteiger partial charge is 0.0510 e. The Labute approximate surface area is 130 Å². The summed E-state index contributed by atoms with van der Waals surface area (Å²) >= 11 is 9.55. The third-order valence-corrected chi connectivity index (χ3v) is 5.17. The van der Waals surface area contributed by atoms with E-state index < -0.39 is 0 Å². The lowest BCUT2D eigenvalue weighted by Gasteiger charge is -2.40. The first kappa shape index (κ1) is 15.2. The van der Waals surface area contributed by atoms with E-state index in [2.05, 4.69) is 59.8 Å². The van der Waals surface area contributed by atoms with Gasteiger partial charge in [0.2, 0.25) is 0 Å². The zero-order valence-corrected chi connectivity index (χ0v) is 14.4. The quantitative estimate of drug-likeness (QED) is 0.645. The highest BCUT2D eigenvalue weighted by Crippen LogP contribution is 2.37. The average molecular weight is 345 g/mol. The SMILES string of the molecule is CC(C)(C)C1CCN(c2ccc(CCl)cc2Br)CC1. The molecule has 0 amide bonds. The minimum Gasteiger partial charge on any atom is -0.371 e. The van der Waals surface area contributed by atoms with Crippen molar-refractivity contribution < 1.29 is 0 Å². The average Bonchev–Trinajstić information content (AvgIpc) is 2.37. The third kappa shape index (κ3) is 3.66. The van der Waals surface area contributed by atoms with Crippen molar-refractivity contribution >= 4 is 33.2 Å². The Morgan fingerprint density at radius 3 is 2.37 bits per heavy atom. The molecule has 3 heteroatoms. The Morgan fingerprint density at radius 2 is 1.89 bits per heavy atom. The van der Waals surface area contributed by atoms with Crippen LogP contribution in [0.3, 0.4) is 0 Å². The second-order valence-corrected chi connectivity index (χ2v) is 7.67. The zero-order valence-electron chi connectivity index (χ0n) is 12.0. The molecule has 0 unspecified atom stereocenters. The lowest BCUT2D eigenvalue weighted by atomic mass is 9.75. The predicted molar refractivity (Wildman–Crippen MR) is 88.1 cm³/mol. The highest BCUT2D eigenvalue weighted by Gasteiger charge is 2.29. The minimum atomic E-state index is 0.436. The standard InChI is InChI=1S/C16H23BrClN/c1-16(2,3)13-6-8-19(9-7-13)15-5-4-12(11-18)10-14(15)17/h4-5,10,13H,6-9,11H2,1-3H3. The van der Waals surface area contributed by atoms with Crippen molar-refractivity contribution in [1.82, 2.24) is 0 Å². The summed E-state index contributed by atoms with van der Waals surface area (Å²) < 4.78 is 1.17. The molecule has 0 saturated carbocycles. The van der Waals surface area contributed by atoms with Crippen molar-refractivity contribution in [1.29, 1.82) is 0 Å². The Hall–Kier alpha value is -0.210. The summed E-state index contributed by atoms with van der Waals surface area (Å²) in [5.74, 6) is 1.41. The van der Waals surface area contributed by atoms with Crippen molar-refractivity contribution in [3.8, 4) is 0 Å². The van der Waals surface area contributed by atoms with E-state index in [9.17, 15) is 0 Å². The van der Waals surface area contributed by atoms with Gasteiger partial charge in [-0.25, -0.2) is 0 Å². The number of anilines is 1. The molecule has 0 aliphatic carbocycles. The van der Waals surface area contributed by atoms with Gasteiger partial charge < -0.3 is 4.90 Å². The first-order chi connectivity index (χ1) is 8.91. The van der Waals surface area contributed by atoms with Crippen molar-refractivity contribution in [3.63, 3.8) is 0 Å². The Bertz CT molecular complexity index is 431. The first-order valence-corrected chi connectivity index (χ1v) is 8.34. The summed E-state index contributed by atoms with van der Waals surface area (Å²) in [6, 6.07) is 6.46. The molecule has 1 aliphatic rings. The molecule has 1 nitrogen and oxygen atoms in total. The van der Waals surface area contributed by atoms with Crippen LogP contribution in [0.4, 0.5) is 5.69 Å². The van der Waals surface area contributed by atoms with Crippen LogP contribution in [0.15, 0.2) is 22.7 Å². The van der Waals surface area contributed by atoms with Crippen LogP contribution < -0.4 is 4.90 Å². The summed E-state index contributed by atoms with van der Waals surface area (Å²) in [6.45, 7) is 9.39. The van der Waals surface area contributed by atoms with E-state index in [0.717, 1.165) is 19.0 Å². The molecule has 0 spiro atoms. The molecule has 0 radical (unpaired) electrons. The number of alkyl halides is 1. The lowest BCUT2D eigenvalue weighted by molar-refractivity contribution is 0.199. The van der Waals surface area contributed by atoms with Crippen LogP contribution in [-0.4, -0.2) is 13.1 Å². The summed E-state index contributed by atoms with van der Waals surface area (Å²) in [7, 11) is 0. The third-order valence-electron chi connectivity index (χ3n) is 4.23. The highest BCUT2D eigenvalue weighted by atomic mass is 79.9. The van der Waals surface area contributed by atoms with Gasteiger partial charge in [0.1, 0.15) is 0 Å². The van der Waals surface area contributed by atoms with Gasteiger partial charge in [-0.05, 0) is 57.8 Å². The lowest BCUT2D eigenvalue weighted by Crippen LogP contribution is -2.38. The molecule has 1 aromatic carbocycles. The van der Waals surface area contributed by atoms with E-state index in [0.29, 0.717) is 11.3 Å². The van der Waals surface area contributed by atoms with Crippen LogP contribution in [0, 0.1) is 11.3 Å². The molecule has 0 aromatic heterocycles. The van der Waals surface area contributed by atoms with Gasteiger partial charge in [0.15, 0.2) is 0 Å². The van der Waals surface area contributed by atoms with E-state index >= 15 is 0 Å². The van der Waals surface area contributed by atoms with E-state index in [-0.39, 0.29) is 0 Å². The molecule has 1 aliphatic heterocycles. The van der Waals surface area contributed by atoms with Gasteiger partial charge in [-0.2, -0.15) is 0 Å². The molecular weight excluding hydrogens is 322 g/mol. The molecule has 0 atom stereocenters. The summed E-state index contributed by atoms with van der Waals surface area (Å²) in [4.78, 5) is 2.49. The van der Waals surface area contributed by atoms with Gasteiger partial charge >= 0.3 is 0 Å². The molecule has 1 aromatic rings. The molecule has 1 fully saturated rings. The predicted octanol–water partition coefficient (Wildman–Crippen LogP) is 5.45. The number of nitrogens with zero attached hydrogens (tertiary/aromatic N) is 1. The Morgan fingerprint density at radius 1 is 1.26 bits per heavy atom. The van der Waals surface area contributed by atoms with Crippen LogP contribution in [0.1, 0.15) is 39.2 Å². The number of halogens is 2. The second-order valence-electron chi connectivity index (χ2n) is 6.55. The molecule has 1 heterocycles. The van der Waals surface area contributed by atoms with Crippen LogP contribution in [0.2, 0.25) is 0 Å². The van der Waals surface area contributed by atoms with Crippen LogP contribution in [0.25, 0.3) is 0 Å². The molecule has 2 rings (SSSR count).